The molecule has 0 aliphatic heterocycles. The average molecular weight is 410 g/mol. The lowest BCUT2D eigenvalue weighted by Crippen LogP contribution is -2.24. The van der Waals surface area contributed by atoms with E-state index in [1.165, 1.54) is 70.6 Å². The third kappa shape index (κ3) is 22.0. The van der Waals surface area contributed by atoms with Crippen LogP contribution >= 0.6 is 6.72 Å². The van der Waals surface area contributed by atoms with E-state index in [1.54, 1.807) is 0 Å². The van der Waals surface area contributed by atoms with E-state index in [2.05, 4.69) is 28.6 Å². The second-order valence-corrected chi connectivity index (χ2v) is 9.69. The molecule has 0 aromatic heterocycles. The van der Waals surface area contributed by atoms with Gasteiger partial charge in [0.15, 0.2) is 0 Å². The molecule has 0 atom stereocenters. The maximum atomic E-state index is 11.6. The molecule has 0 aliphatic carbocycles. The number of unbranched alkanes of at least 4 members (excludes halogenated alkanes) is 12. The number of carbonyl (C=O) groups is 1. The van der Waals surface area contributed by atoms with Crippen LogP contribution in [0.1, 0.15) is 103 Å². The summed E-state index contributed by atoms with van der Waals surface area (Å²) in [6, 6.07) is 0. The molecule has 0 spiro atoms. The molecule has 0 fully saturated rings. The Morgan fingerprint density at radius 2 is 1.31 bits per heavy atom. The van der Waals surface area contributed by atoms with Crippen LogP contribution in [0.4, 0.5) is 0 Å². The zero-order valence-electron chi connectivity index (χ0n) is 16.6. The molecule has 156 valence electrons. The van der Waals surface area contributed by atoms with Gasteiger partial charge in [-0.3, -0.25) is 4.79 Å². The van der Waals surface area contributed by atoms with Crippen molar-refractivity contribution in [3.63, 3.8) is 0 Å². The lowest BCUT2D eigenvalue weighted by molar-refractivity contribution is -0.121. The highest BCUT2D eigenvalue weighted by Crippen LogP contribution is 2.36. The number of carbonyl (C=O) groups excluding carboxylic acids is 1. The van der Waals surface area contributed by atoms with Crippen molar-refractivity contribution in [3.05, 3.63) is 0 Å². The topological polar surface area (TPSA) is 78.8 Å². The molecule has 0 radical (unpaired) electrons. The lowest BCUT2D eigenvalue weighted by Gasteiger charge is -2.08. The molecule has 0 aromatic rings. The molecular weight excluding hydrogens is 369 g/mol. The molecule has 0 aliphatic rings. The van der Waals surface area contributed by atoms with Gasteiger partial charge in [0.1, 0.15) is 0 Å². The minimum atomic E-state index is -3.55. The van der Waals surface area contributed by atoms with Gasteiger partial charge < -0.3 is 19.6 Å². The van der Waals surface area contributed by atoms with E-state index in [-0.39, 0.29) is 12.5 Å². The fraction of sp³-hybridized carbons (Fsp3) is 0.947. The van der Waals surface area contributed by atoms with Gasteiger partial charge in [0.2, 0.25) is 5.91 Å². The molecule has 0 aromatic carbocycles. The van der Waals surface area contributed by atoms with Gasteiger partial charge in [-0.25, -0.2) is 0 Å². The van der Waals surface area contributed by atoms with Crippen molar-refractivity contribution in [3.8, 4) is 0 Å². The van der Waals surface area contributed by atoms with Crippen molar-refractivity contribution in [2.45, 2.75) is 103 Å². The molecule has 26 heavy (non-hydrogen) atoms. The zero-order chi connectivity index (χ0) is 19.5. The Kier molecular flexibility index (Phi) is 18.4. The van der Waals surface area contributed by atoms with Crippen molar-refractivity contribution >= 4 is 24.4 Å². The summed E-state index contributed by atoms with van der Waals surface area (Å²) < 4.78 is 4.68. The van der Waals surface area contributed by atoms with E-state index in [0.29, 0.717) is 19.4 Å². The standard InChI is InChI=1S/C19H40NO4PS/c1-2-3-4-5-6-7-8-9-10-11-12-13-14-16-19(21)20-17-15-18-24-25(22,23)26/h2-18H2,1H3,(H,20,21)(H2,22,23,26). The maximum absolute atomic E-state index is 11.6. The highest BCUT2D eigenvalue weighted by molar-refractivity contribution is 8.06. The minimum absolute atomic E-state index is 0.0560. The molecule has 0 unspecified atom stereocenters. The summed E-state index contributed by atoms with van der Waals surface area (Å²) in [4.78, 5) is 29.4. The van der Waals surface area contributed by atoms with Crippen LogP contribution < -0.4 is 5.32 Å². The molecule has 0 heterocycles. The molecule has 3 N–H and O–H groups in total. The molecule has 0 rings (SSSR count). The summed E-state index contributed by atoms with van der Waals surface area (Å²) in [5.74, 6) is 0.0560. The number of hydrogen-bond donors (Lipinski definition) is 3. The van der Waals surface area contributed by atoms with Crippen molar-refractivity contribution < 1.29 is 19.1 Å². The smallest absolute Gasteiger partial charge is 0.321 e. The molecular formula is C19H40NO4PS. The van der Waals surface area contributed by atoms with Crippen molar-refractivity contribution in [1.82, 2.24) is 5.32 Å². The largest absolute Gasteiger partial charge is 0.356 e. The third-order valence-corrected chi connectivity index (χ3v) is 5.25. The molecule has 0 saturated carbocycles. The molecule has 0 bridgehead atoms. The first-order valence-corrected chi connectivity index (χ1v) is 13.0. The summed E-state index contributed by atoms with van der Waals surface area (Å²) in [6.45, 7) is -0.661. The summed E-state index contributed by atoms with van der Waals surface area (Å²) in [5, 5.41) is 2.81. The van der Waals surface area contributed by atoms with Crippen LogP contribution in [0.15, 0.2) is 0 Å². The molecule has 1 amide bonds. The van der Waals surface area contributed by atoms with Gasteiger partial charge in [-0.1, -0.05) is 84.0 Å². The van der Waals surface area contributed by atoms with Crippen molar-refractivity contribution in [2.24, 2.45) is 0 Å². The normalized spacial score (nSPS) is 11.7. The molecule has 5 nitrogen and oxygen atoms in total. The summed E-state index contributed by atoms with van der Waals surface area (Å²) in [7, 11) is 0. The Hall–Kier alpha value is -0.0000000000000000833. The fourth-order valence-electron chi connectivity index (χ4n) is 2.88. The minimum Gasteiger partial charge on any atom is -0.356 e. The van der Waals surface area contributed by atoms with Gasteiger partial charge >= 0.3 is 6.72 Å². The van der Waals surface area contributed by atoms with Gasteiger partial charge in [-0.2, -0.15) is 0 Å². The van der Waals surface area contributed by atoms with Crippen LogP contribution in [0.5, 0.6) is 0 Å². The van der Waals surface area contributed by atoms with E-state index < -0.39 is 6.72 Å². The summed E-state index contributed by atoms with van der Waals surface area (Å²) >= 11 is 4.34. The average Bonchev–Trinajstić information content (AvgIpc) is 2.57. The third-order valence-electron chi connectivity index (χ3n) is 4.41. The van der Waals surface area contributed by atoms with Crippen LogP contribution in [0.2, 0.25) is 0 Å². The van der Waals surface area contributed by atoms with E-state index >= 15 is 0 Å². The predicted octanol–water partition coefficient (Wildman–Crippen LogP) is 5.20. The highest BCUT2D eigenvalue weighted by atomic mass is 32.5. The first-order chi connectivity index (χ1) is 12.5. The number of amides is 1. The maximum Gasteiger partial charge on any atom is 0.321 e. The van der Waals surface area contributed by atoms with Crippen molar-refractivity contribution in [1.29, 1.82) is 0 Å². The summed E-state index contributed by atoms with van der Waals surface area (Å²) in [6.07, 6.45) is 18.0. The second-order valence-electron chi connectivity index (χ2n) is 7.02. The zero-order valence-corrected chi connectivity index (χ0v) is 18.3. The van der Waals surface area contributed by atoms with Crippen molar-refractivity contribution in [2.75, 3.05) is 13.2 Å². The lowest BCUT2D eigenvalue weighted by atomic mass is 10.0. The Labute approximate surface area is 165 Å². The van der Waals surface area contributed by atoms with E-state index in [9.17, 15) is 4.79 Å². The number of nitrogens with one attached hydrogen (secondary N) is 1. The van der Waals surface area contributed by atoms with Crippen LogP contribution in [0, 0.1) is 0 Å². The van der Waals surface area contributed by atoms with E-state index in [1.807, 2.05) is 0 Å². The van der Waals surface area contributed by atoms with E-state index in [0.717, 1.165) is 12.8 Å². The Bertz CT molecular complexity index is 377. The number of rotatable bonds is 19. The number of hydrogen-bond acceptors (Lipinski definition) is 3. The first kappa shape index (κ1) is 26.0. The molecule has 0 saturated heterocycles. The second kappa shape index (κ2) is 18.4. The fourth-order valence-corrected chi connectivity index (χ4v) is 3.47. The highest BCUT2D eigenvalue weighted by Gasteiger charge is 2.07. The van der Waals surface area contributed by atoms with Gasteiger partial charge in [-0.15, -0.1) is 0 Å². The van der Waals surface area contributed by atoms with Gasteiger partial charge in [0, 0.05) is 13.0 Å². The monoisotopic (exact) mass is 409 g/mol. The van der Waals surface area contributed by atoms with Crippen LogP contribution in [-0.4, -0.2) is 28.8 Å². The predicted molar refractivity (Wildman–Crippen MR) is 113 cm³/mol. The molecule has 7 heteroatoms. The van der Waals surface area contributed by atoms with Crippen LogP contribution in [-0.2, 0) is 21.1 Å². The Morgan fingerprint density at radius 1 is 0.846 bits per heavy atom. The quantitative estimate of drug-likeness (QED) is 0.202. The van der Waals surface area contributed by atoms with Crippen LogP contribution in [0.25, 0.3) is 0 Å². The Morgan fingerprint density at radius 3 is 1.77 bits per heavy atom. The van der Waals surface area contributed by atoms with Crippen LogP contribution in [0.3, 0.4) is 0 Å². The van der Waals surface area contributed by atoms with Gasteiger partial charge in [-0.05, 0) is 24.6 Å². The first-order valence-electron chi connectivity index (χ1n) is 10.4. The Balaban J connectivity index is 3.20. The summed E-state index contributed by atoms with van der Waals surface area (Å²) in [5.41, 5.74) is 0. The van der Waals surface area contributed by atoms with E-state index in [4.69, 9.17) is 9.79 Å². The SMILES string of the molecule is CCCCCCCCCCCCCCCC(=O)NCCCOP(O)(O)=S. The van der Waals surface area contributed by atoms with Gasteiger partial charge in [0.05, 0.1) is 6.61 Å². The van der Waals surface area contributed by atoms with Gasteiger partial charge in [0.25, 0.3) is 0 Å².